The number of rotatable bonds is 5. The zero-order valence-electron chi connectivity index (χ0n) is 13.4. The van der Waals surface area contributed by atoms with Crippen LogP contribution in [-0.4, -0.2) is 23.8 Å². The van der Waals surface area contributed by atoms with Gasteiger partial charge in [0.2, 0.25) is 0 Å². The van der Waals surface area contributed by atoms with Gasteiger partial charge >= 0.3 is 0 Å². The molecular weight excluding hydrogens is 520 g/mol. The van der Waals surface area contributed by atoms with E-state index >= 15 is 0 Å². The van der Waals surface area contributed by atoms with Crippen molar-refractivity contribution in [1.82, 2.24) is 5.43 Å². The SMILES string of the molecule is Cc1ccc(OCC(=O)N/N=C\c2c(Br)cc(Br)c(O)c2Br)c(C)c1. The van der Waals surface area contributed by atoms with Crippen LogP contribution in [0.3, 0.4) is 0 Å². The summed E-state index contributed by atoms with van der Waals surface area (Å²) in [7, 11) is 0. The molecule has 0 aliphatic rings. The first-order valence-electron chi connectivity index (χ1n) is 7.18. The van der Waals surface area contributed by atoms with Crippen LogP contribution in [0.4, 0.5) is 0 Å². The fourth-order valence-electron chi connectivity index (χ4n) is 2.02. The molecule has 0 spiro atoms. The van der Waals surface area contributed by atoms with Crippen molar-refractivity contribution in [2.45, 2.75) is 13.8 Å². The third-order valence-electron chi connectivity index (χ3n) is 3.25. The zero-order valence-corrected chi connectivity index (χ0v) is 18.2. The van der Waals surface area contributed by atoms with Crippen molar-refractivity contribution < 1.29 is 14.6 Å². The van der Waals surface area contributed by atoms with Crippen LogP contribution in [0, 0.1) is 13.8 Å². The normalized spacial score (nSPS) is 10.9. The Kier molecular flexibility index (Phi) is 7.04. The molecule has 1 amide bonds. The second-order valence-corrected chi connectivity index (χ2v) is 7.77. The van der Waals surface area contributed by atoms with Crippen LogP contribution < -0.4 is 10.2 Å². The fourth-order valence-corrected chi connectivity index (χ4v) is 4.34. The molecule has 0 saturated carbocycles. The minimum absolute atomic E-state index is 0.0501. The molecule has 0 bridgehead atoms. The summed E-state index contributed by atoms with van der Waals surface area (Å²) >= 11 is 9.89. The summed E-state index contributed by atoms with van der Waals surface area (Å²) in [6.45, 7) is 3.77. The van der Waals surface area contributed by atoms with Crippen LogP contribution in [0.2, 0.25) is 0 Å². The second kappa shape index (κ2) is 8.82. The maximum Gasteiger partial charge on any atom is 0.277 e. The number of hydrogen-bond acceptors (Lipinski definition) is 4. The summed E-state index contributed by atoms with van der Waals surface area (Å²) in [5, 5.41) is 13.8. The molecule has 8 heteroatoms. The molecule has 0 aliphatic carbocycles. The number of nitrogens with zero attached hydrogens (tertiary/aromatic N) is 1. The van der Waals surface area contributed by atoms with Gasteiger partial charge in [-0.05, 0) is 63.4 Å². The molecule has 0 atom stereocenters. The zero-order chi connectivity index (χ0) is 18.6. The number of ether oxygens (including phenoxy) is 1. The van der Waals surface area contributed by atoms with Crippen molar-refractivity contribution in [2.75, 3.05) is 6.61 Å². The van der Waals surface area contributed by atoms with Crippen LogP contribution in [0.5, 0.6) is 11.5 Å². The Morgan fingerprint density at radius 3 is 2.64 bits per heavy atom. The largest absolute Gasteiger partial charge is 0.506 e. The molecule has 0 aromatic heterocycles. The Labute approximate surface area is 170 Å². The number of amides is 1. The molecule has 2 N–H and O–H groups in total. The van der Waals surface area contributed by atoms with E-state index in [0.717, 1.165) is 11.1 Å². The smallest absolute Gasteiger partial charge is 0.277 e. The Balaban J connectivity index is 1.96. The molecule has 5 nitrogen and oxygen atoms in total. The molecule has 25 heavy (non-hydrogen) atoms. The molecule has 0 heterocycles. The quantitative estimate of drug-likeness (QED) is 0.426. The third kappa shape index (κ3) is 5.29. The number of aryl methyl sites for hydroxylation is 2. The highest BCUT2D eigenvalue weighted by Gasteiger charge is 2.12. The lowest BCUT2D eigenvalue weighted by molar-refractivity contribution is -0.123. The van der Waals surface area contributed by atoms with Crippen molar-refractivity contribution >= 4 is 59.9 Å². The van der Waals surface area contributed by atoms with Crippen LogP contribution in [0.1, 0.15) is 16.7 Å². The minimum atomic E-state index is -0.384. The summed E-state index contributed by atoms with van der Waals surface area (Å²) < 4.78 is 7.18. The maximum atomic E-state index is 11.8. The molecule has 0 unspecified atom stereocenters. The number of benzene rings is 2. The average Bonchev–Trinajstić information content (AvgIpc) is 2.55. The minimum Gasteiger partial charge on any atom is -0.506 e. The lowest BCUT2D eigenvalue weighted by Crippen LogP contribution is -2.24. The first-order chi connectivity index (χ1) is 11.8. The van der Waals surface area contributed by atoms with Crippen molar-refractivity contribution in [3.63, 3.8) is 0 Å². The highest BCUT2D eigenvalue weighted by atomic mass is 79.9. The highest BCUT2D eigenvalue weighted by Crippen LogP contribution is 2.38. The number of phenols is 1. The number of hydrogen-bond donors (Lipinski definition) is 2. The van der Waals surface area contributed by atoms with Gasteiger partial charge in [0.25, 0.3) is 5.91 Å². The van der Waals surface area contributed by atoms with E-state index < -0.39 is 0 Å². The van der Waals surface area contributed by atoms with E-state index in [1.54, 1.807) is 6.07 Å². The summed E-state index contributed by atoms with van der Waals surface area (Å²) in [5.74, 6) is 0.326. The summed E-state index contributed by atoms with van der Waals surface area (Å²) in [4.78, 5) is 11.8. The van der Waals surface area contributed by atoms with E-state index in [4.69, 9.17) is 4.74 Å². The standard InChI is InChI=1S/C17H15Br3N2O3/c1-9-3-4-14(10(2)5-9)25-8-15(23)22-21-7-11-12(18)6-13(19)17(24)16(11)20/h3-7,24H,8H2,1-2H3,(H,22,23)/b21-7-. The van der Waals surface area contributed by atoms with Crippen LogP contribution in [-0.2, 0) is 4.79 Å². The van der Waals surface area contributed by atoms with E-state index in [9.17, 15) is 9.90 Å². The van der Waals surface area contributed by atoms with Crippen LogP contribution in [0.25, 0.3) is 0 Å². The Morgan fingerprint density at radius 2 is 1.96 bits per heavy atom. The van der Waals surface area contributed by atoms with E-state index in [-0.39, 0.29) is 18.3 Å². The second-order valence-electron chi connectivity index (χ2n) is 5.27. The number of aromatic hydroxyl groups is 1. The number of halogens is 3. The predicted octanol–water partition coefficient (Wildman–Crippen LogP) is 4.83. The van der Waals surface area contributed by atoms with E-state index in [1.165, 1.54) is 6.21 Å². The maximum absolute atomic E-state index is 11.8. The van der Waals surface area contributed by atoms with Gasteiger partial charge < -0.3 is 9.84 Å². The Hall–Kier alpha value is -1.38. The molecule has 2 aromatic rings. The number of carbonyl (C=O) groups excluding carboxylic acids is 1. The molecule has 0 fully saturated rings. The first kappa shape index (κ1) is 19.9. The van der Waals surface area contributed by atoms with Gasteiger partial charge in [-0.2, -0.15) is 5.10 Å². The van der Waals surface area contributed by atoms with Gasteiger partial charge in [-0.1, -0.05) is 33.6 Å². The molecule has 132 valence electrons. The third-order valence-corrected chi connectivity index (χ3v) is 5.32. The number of phenolic OH excluding ortho intramolecular Hbond substituents is 1. The number of carbonyl (C=O) groups is 1. The van der Waals surface area contributed by atoms with E-state index in [0.29, 0.717) is 24.7 Å². The van der Waals surface area contributed by atoms with Crippen molar-refractivity contribution in [3.8, 4) is 11.5 Å². The fraction of sp³-hybridized carbons (Fsp3) is 0.176. The van der Waals surface area contributed by atoms with Crippen molar-refractivity contribution in [1.29, 1.82) is 0 Å². The van der Waals surface area contributed by atoms with Crippen molar-refractivity contribution in [3.05, 3.63) is 54.4 Å². The molecule has 0 saturated heterocycles. The molecule has 2 aromatic carbocycles. The van der Waals surface area contributed by atoms with Gasteiger partial charge in [0.05, 0.1) is 15.2 Å². The van der Waals surface area contributed by atoms with Gasteiger partial charge in [0.15, 0.2) is 6.61 Å². The highest BCUT2D eigenvalue weighted by molar-refractivity contribution is 9.11. The van der Waals surface area contributed by atoms with E-state index in [1.807, 2.05) is 32.0 Å². The average molecular weight is 535 g/mol. The monoisotopic (exact) mass is 532 g/mol. The van der Waals surface area contributed by atoms with E-state index in [2.05, 4.69) is 58.3 Å². The summed E-state index contributed by atoms with van der Waals surface area (Å²) in [6, 6.07) is 7.43. The van der Waals surface area contributed by atoms with Gasteiger partial charge in [0.1, 0.15) is 11.5 Å². The Bertz CT molecular complexity index is 838. The topological polar surface area (TPSA) is 70.9 Å². The molecular formula is C17H15Br3N2O3. The predicted molar refractivity (Wildman–Crippen MR) is 108 cm³/mol. The van der Waals surface area contributed by atoms with Gasteiger partial charge in [-0.15, -0.1) is 0 Å². The summed E-state index contributed by atoms with van der Waals surface area (Å²) in [5.41, 5.74) is 5.08. The first-order valence-corrected chi connectivity index (χ1v) is 9.56. The van der Waals surface area contributed by atoms with Crippen LogP contribution >= 0.6 is 47.8 Å². The number of nitrogens with one attached hydrogen (secondary N) is 1. The summed E-state index contributed by atoms with van der Waals surface area (Å²) in [6.07, 6.45) is 1.43. The van der Waals surface area contributed by atoms with Gasteiger partial charge in [-0.25, -0.2) is 5.43 Å². The lowest BCUT2D eigenvalue weighted by Gasteiger charge is -2.09. The van der Waals surface area contributed by atoms with Gasteiger partial charge in [0, 0.05) is 10.0 Å². The van der Waals surface area contributed by atoms with Gasteiger partial charge in [-0.3, -0.25) is 4.79 Å². The number of hydrazone groups is 1. The lowest BCUT2D eigenvalue weighted by atomic mass is 10.1. The van der Waals surface area contributed by atoms with Crippen molar-refractivity contribution in [2.24, 2.45) is 5.10 Å². The molecule has 0 aliphatic heterocycles. The molecule has 0 radical (unpaired) electrons. The van der Waals surface area contributed by atoms with Crippen LogP contribution in [0.15, 0.2) is 42.8 Å². The molecule has 2 rings (SSSR count). The Morgan fingerprint density at radius 1 is 1.24 bits per heavy atom.